The van der Waals surface area contributed by atoms with Gasteiger partial charge in [-0.3, -0.25) is 0 Å². The van der Waals surface area contributed by atoms with Crippen LogP contribution >= 0.6 is 0 Å². The third kappa shape index (κ3) is 2.58. The van der Waals surface area contributed by atoms with Gasteiger partial charge in [0, 0.05) is 0 Å². The molecule has 0 aliphatic heterocycles. The van der Waals surface area contributed by atoms with Crippen LogP contribution in [0.1, 0.15) is 51.4 Å². The van der Waals surface area contributed by atoms with Crippen LogP contribution in [0.15, 0.2) is 0 Å². The molecule has 0 atom stereocenters. The monoisotopic (exact) mass is 223 g/mol. The molecule has 1 N–H and O–H groups in total. The van der Waals surface area contributed by atoms with Crippen molar-refractivity contribution in [2.75, 3.05) is 6.54 Å². The maximum Gasteiger partial charge on any atom is 0.165 e. The van der Waals surface area contributed by atoms with Crippen LogP contribution in [0.2, 0.25) is 0 Å². The highest BCUT2D eigenvalue weighted by Crippen LogP contribution is 2.31. The van der Waals surface area contributed by atoms with Gasteiger partial charge in [-0.2, -0.15) is 0 Å². The van der Waals surface area contributed by atoms with Crippen LogP contribution in [0.4, 0.5) is 0 Å². The zero-order valence-corrected chi connectivity index (χ0v) is 10.2. The lowest BCUT2D eigenvalue weighted by molar-refractivity contribution is 0.265. The van der Waals surface area contributed by atoms with Crippen molar-refractivity contribution in [2.45, 2.75) is 52.1 Å². The number of hydrogen-bond acceptors (Lipinski definition) is 4. The quantitative estimate of drug-likeness (QED) is 0.841. The Morgan fingerprint density at radius 1 is 1.31 bits per heavy atom. The summed E-state index contributed by atoms with van der Waals surface area (Å²) in [5.41, 5.74) is 0. The molecule has 0 radical (unpaired) electrons. The van der Waals surface area contributed by atoms with E-state index in [1.165, 1.54) is 25.7 Å². The van der Waals surface area contributed by atoms with E-state index in [0.717, 1.165) is 24.8 Å². The van der Waals surface area contributed by atoms with E-state index in [2.05, 4.69) is 34.7 Å². The topological polar surface area (TPSA) is 55.6 Å². The average Bonchev–Trinajstić information content (AvgIpc) is 2.75. The van der Waals surface area contributed by atoms with Crippen LogP contribution in [0.5, 0.6) is 0 Å². The first-order valence-corrected chi connectivity index (χ1v) is 6.28. The zero-order chi connectivity index (χ0) is 11.4. The van der Waals surface area contributed by atoms with Gasteiger partial charge in [0.15, 0.2) is 5.82 Å². The maximum atomic E-state index is 4.13. The molecule has 5 heteroatoms. The van der Waals surface area contributed by atoms with E-state index < -0.39 is 0 Å². The van der Waals surface area contributed by atoms with Crippen molar-refractivity contribution in [1.29, 1.82) is 0 Å². The van der Waals surface area contributed by atoms with Gasteiger partial charge in [0.05, 0.1) is 12.6 Å². The summed E-state index contributed by atoms with van der Waals surface area (Å²) in [6.45, 7) is 6.15. The Hall–Kier alpha value is -0.970. The standard InChI is InChI=1S/C11H21N5/c1-3-12-8-11-13-14-15-16(11)10-6-4-9(2)5-7-10/h9-10,12H,3-8H2,1-2H3. The first kappa shape index (κ1) is 11.5. The first-order valence-electron chi connectivity index (χ1n) is 6.28. The van der Waals surface area contributed by atoms with Crippen LogP contribution < -0.4 is 5.32 Å². The predicted molar refractivity (Wildman–Crippen MR) is 61.9 cm³/mol. The van der Waals surface area contributed by atoms with Crippen molar-refractivity contribution in [1.82, 2.24) is 25.5 Å². The van der Waals surface area contributed by atoms with Crippen LogP contribution in [-0.2, 0) is 6.54 Å². The smallest absolute Gasteiger partial charge is 0.165 e. The van der Waals surface area contributed by atoms with Gasteiger partial charge in [0.25, 0.3) is 0 Å². The summed E-state index contributed by atoms with van der Waals surface area (Å²) in [5.74, 6) is 1.84. The molecule has 16 heavy (non-hydrogen) atoms. The SMILES string of the molecule is CCNCc1nnnn1C1CCC(C)CC1. The Bertz CT molecular complexity index is 314. The van der Waals surface area contributed by atoms with Gasteiger partial charge in [-0.15, -0.1) is 5.10 Å². The van der Waals surface area contributed by atoms with Gasteiger partial charge >= 0.3 is 0 Å². The highest BCUT2D eigenvalue weighted by Gasteiger charge is 2.22. The Kier molecular flexibility index (Phi) is 3.88. The maximum absolute atomic E-state index is 4.13. The summed E-state index contributed by atoms with van der Waals surface area (Å²) in [6.07, 6.45) is 5.02. The number of nitrogens with zero attached hydrogens (tertiary/aromatic N) is 4. The van der Waals surface area contributed by atoms with Gasteiger partial charge in [0.2, 0.25) is 0 Å². The van der Waals surface area contributed by atoms with Gasteiger partial charge in [-0.1, -0.05) is 13.8 Å². The van der Waals surface area contributed by atoms with Crippen molar-refractivity contribution in [3.63, 3.8) is 0 Å². The minimum atomic E-state index is 0.514. The van der Waals surface area contributed by atoms with E-state index in [1.54, 1.807) is 0 Å². The van der Waals surface area contributed by atoms with Crippen molar-refractivity contribution in [2.24, 2.45) is 5.92 Å². The molecule has 1 heterocycles. The van der Waals surface area contributed by atoms with E-state index in [1.807, 2.05) is 4.68 Å². The molecular weight excluding hydrogens is 202 g/mol. The minimum Gasteiger partial charge on any atom is -0.310 e. The molecule has 1 aromatic rings. The fourth-order valence-corrected chi connectivity index (χ4v) is 2.34. The molecule has 1 saturated carbocycles. The Labute approximate surface area is 96.6 Å². The normalized spacial score (nSPS) is 25.9. The summed E-state index contributed by atoms with van der Waals surface area (Å²) in [5, 5.41) is 15.3. The predicted octanol–water partition coefficient (Wildman–Crippen LogP) is 1.53. The lowest BCUT2D eigenvalue weighted by Crippen LogP contribution is -2.23. The molecule has 0 saturated heterocycles. The Morgan fingerprint density at radius 3 is 2.75 bits per heavy atom. The second-order valence-electron chi connectivity index (χ2n) is 4.73. The van der Waals surface area contributed by atoms with Crippen LogP contribution in [0.25, 0.3) is 0 Å². The first-order chi connectivity index (χ1) is 7.81. The van der Waals surface area contributed by atoms with Crippen LogP contribution in [-0.4, -0.2) is 26.8 Å². The third-order valence-corrected chi connectivity index (χ3v) is 3.43. The minimum absolute atomic E-state index is 0.514. The molecule has 2 rings (SSSR count). The summed E-state index contributed by atoms with van der Waals surface area (Å²) < 4.78 is 2.02. The fraction of sp³-hybridized carbons (Fsp3) is 0.909. The van der Waals surface area contributed by atoms with Gasteiger partial charge in [-0.25, -0.2) is 4.68 Å². The molecule has 1 fully saturated rings. The van der Waals surface area contributed by atoms with E-state index in [4.69, 9.17) is 0 Å². The molecule has 1 aromatic heterocycles. The zero-order valence-electron chi connectivity index (χ0n) is 10.2. The van der Waals surface area contributed by atoms with Gasteiger partial charge in [0.1, 0.15) is 0 Å². The summed E-state index contributed by atoms with van der Waals surface area (Å²) in [6, 6.07) is 0.514. The Morgan fingerprint density at radius 2 is 2.06 bits per heavy atom. The van der Waals surface area contributed by atoms with E-state index in [-0.39, 0.29) is 0 Å². The largest absolute Gasteiger partial charge is 0.310 e. The molecule has 1 aliphatic carbocycles. The number of rotatable bonds is 4. The second kappa shape index (κ2) is 5.39. The number of tetrazole rings is 1. The van der Waals surface area contributed by atoms with Crippen molar-refractivity contribution in [3.05, 3.63) is 5.82 Å². The molecular formula is C11H21N5. The third-order valence-electron chi connectivity index (χ3n) is 3.43. The Balaban J connectivity index is 1.99. The molecule has 0 unspecified atom stereocenters. The van der Waals surface area contributed by atoms with Gasteiger partial charge < -0.3 is 5.32 Å². The summed E-state index contributed by atoms with van der Waals surface area (Å²) in [7, 11) is 0. The van der Waals surface area contributed by atoms with Crippen molar-refractivity contribution < 1.29 is 0 Å². The van der Waals surface area contributed by atoms with E-state index in [9.17, 15) is 0 Å². The van der Waals surface area contributed by atoms with E-state index >= 15 is 0 Å². The number of nitrogens with one attached hydrogen (secondary N) is 1. The lowest BCUT2D eigenvalue weighted by Gasteiger charge is -2.26. The highest BCUT2D eigenvalue weighted by molar-refractivity contribution is 4.85. The van der Waals surface area contributed by atoms with Gasteiger partial charge in [-0.05, 0) is 48.6 Å². The summed E-state index contributed by atoms with van der Waals surface area (Å²) >= 11 is 0. The summed E-state index contributed by atoms with van der Waals surface area (Å²) in [4.78, 5) is 0. The van der Waals surface area contributed by atoms with Crippen molar-refractivity contribution in [3.8, 4) is 0 Å². The number of aromatic nitrogens is 4. The molecule has 0 bridgehead atoms. The van der Waals surface area contributed by atoms with Crippen molar-refractivity contribution >= 4 is 0 Å². The fourth-order valence-electron chi connectivity index (χ4n) is 2.34. The highest BCUT2D eigenvalue weighted by atomic mass is 15.6. The second-order valence-corrected chi connectivity index (χ2v) is 4.73. The number of hydrogen-bond donors (Lipinski definition) is 1. The lowest BCUT2D eigenvalue weighted by atomic mass is 9.87. The molecule has 0 spiro atoms. The molecule has 90 valence electrons. The average molecular weight is 223 g/mol. The molecule has 5 nitrogen and oxygen atoms in total. The molecule has 0 aromatic carbocycles. The van der Waals surface area contributed by atoms with E-state index in [0.29, 0.717) is 6.04 Å². The molecule has 0 amide bonds. The molecule has 1 aliphatic rings. The van der Waals surface area contributed by atoms with Crippen LogP contribution in [0, 0.1) is 5.92 Å². The van der Waals surface area contributed by atoms with Crippen LogP contribution in [0.3, 0.4) is 0 Å².